The molecule has 0 spiro atoms. The molecule has 0 unspecified atom stereocenters. The Labute approximate surface area is 216 Å². The van der Waals surface area contributed by atoms with E-state index in [1.165, 1.54) is 18.2 Å². The highest BCUT2D eigenvalue weighted by Gasteiger charge is 2.38. The lowest BCUT2D eigenvalue weighted by atomic mass is 9.88. The molecule has 0 saturated carbocycles. The summed E-state index contributed by atoms with van der Waals surface area (Å²) < 4.78 is 45.9. The number of piperidine rings is 1. The van der Waals surface area contributed by atoms with E-state index < -0.39 is 18.0 Å². The fraction of sp³-hybridized carbons (Fsp3) is 0.500. The lowest BCUT2D eigenvalue weighted by molar-refractivity contribution is -0.192. The number of carbonyl (C=O) groups excluding carboxylic acids is 1. The number of carboxylic acid groups (broad SMARTS) is 1. The van der Waals surface area contributed by atoms with Gasteiger partial charge in [0.25, 0.3) is 0 Å². The number of fused-ring (bicyclic) bond motifs is 1. The minimum Gasteiger partial charge on any atom is -0.475 e. The minimum atomic E-state index is -5.08. The Morgan fingerprint density at radius 2 is 1.84 bits per heavy atom. The maximum absolute atomic E-state index is 14.1. The maximum atomic E-state index is 14.1. The van der Waals surface area contributed by atoms with E-state index in [2.05, 4.69) is 29.4 Å². The molecular formula is C24H28ClF4N5O3. The van der Waals surface area contributed by atoms with Crippen LogP contribution in [0.25, 0.3) is 0 Å². The Hall–Kier alpha value is -2.99. The molecule has 202 valence electrons. The molecule has 4 rings (SSSR count). The fourth-order valence-electron chi connectivity index (χ4n) is 4.10. The fourth-order valence-corrected chi connectivity index (χ4v) is 4.27. The number of rotatable bonds is 5. The van der Waals surface area contributed by atoms with Crippen molar-refractivity contribution >= 4 is 35.0 Å². The first-order chi connectivity index (χ1) is 17.4. The predicted octanol–water partition coefficient (Wildman–Crippen LogP) is 4.47. The van der Waals surface area contributed by atoms with Crippen molar-refractivity contribution < 1.29 is 32.3 Å². The topological polar surface area (TPSA) is 107 Å². The van der Waals surface area contributed by atoms with E-state index in [0.29, 0.717) is 31.0 Å². The van der Waals surface area contributed by atoms with Gasteiger partial charge in [-0.2, -0.15) is 13.2 Å². The Morgan fingerprint density at radius 1 is 1.19 bits per heavy atom. The molecule has 2 aliphatic rings. The predicted molar refractivity (Wildman–Crippen MR) is 131 cm³/mol. The van der Waals surface area contributed by atoms with E-state index in [1.807, 2.05) is 0 Å². The number of aromatic nitrogens is 2. The number of nitrogens with one attached hydrogen (secondary N) is 2. The number of hydrogen-bond acceptors (Lipinski definition) is 7. The van der Waals surface area contributed by atoms with E-state index in [-0.39, 0.29) is 23.3 Å². The molecule has 0 amide bonds. The van der Waals surface area contributed by atoms with Gasteiger partial charge in [0.05, 0.1) is 17.0 Å². The molecule has 0 radical (unpaired) electrons. The average molecular weight is 546 g/mol. The molecule has 3 heterocycles. The van der Waals surface area contributed by atoms with Crippen LogP contribution >= 0.6 is 11.6 Å². The van der Waals surface area contributed by atoms with Gasteiger partial charge in [-0.15, -0.1) is 0 Å². The third-order valence-corrected chi connectivity index (χ3v) is 6.13. The van der Waals surface area contributed by atoms with Crippen molar-refractivity contribution in [3.63, 3.8) is 0 Å². The van der Waals surface area contributed by atoms with E-state index in [4.69, 9.17) is 31.5 Å². The number of halogens is 5. The number of nitrogens with zero attached hydrogens (tertiary/aromatic N) is 3. The van der Waals surface area contributed by atoms with Gasteiger partial charge in [-0.1, -0.05) is 11.6 Å². The molecule has 1 aromatic heterocycles. The van der Waals surface area contributed by atoms with Crippen molar-refractivity contribution in [2.45, 2.75) is 51.9 Å². The summed E-state index contributed by atoms with van der Waals surface area (Å²) in [7, 11) is 0. The number of anilines is 2. The van der Waals surface area contributed by atoms with Crippen LogP contribution < -0.4 is 15.5 Å². The molecule has 3 N–H and O–H groups in total. The number of Topliss-reactive ketones (excluding diaryl/α,β-unsaturated/α-hetero) is 1. The van der Waals surface area contributed by atoms with Gasteiger partial charge < -0.3 is 20.6 Å². The SMILES string of the molecule is CC(C)Nc1nc2c(nc1N1CCC(C(=O)c3cc(Cl)ccc3F)CC1)CNCC2.O=C(O)C(F)(F)F. The summed E-state index contributed by atoms with van der Waals surface area (Å²) in [5, 5.41) is 14.3. The number of benzene rings is 1. The van der Waals surface area contributed by atoms with Gasteiger partial charge in [0.15, 0.2) is 17.4 Å². The van der Waals surface area contributed by atoms with Crippen LogP contribution in [-0.2, 0) is 17.8 Å². The zero-order valence-electron chi connectivity index (χ0n) is 20.3. The quantitative estimate of drug-likeness (QED) is 0.373. The standard InChI is InChI=1S/C22H27ClFN5O.C2HF3O2/c1-13(2)26-21-22(28-19-12-25-8-5-18(19)27-21)29-9-6-14(7-10-29)20(30)16-11-15(23)3-4-17(16)24;3-2(4,5)1(6)7/h3-4,11,13-14,25H,5-10,12H2,1-2H3,(H,26,27);(H,6,7). The van der Waals surface area contributed by atoms with Gasteiger partial charge in [-0.05, 0) is 44.9 Å². The van der Waals surface area contributed by atoms with Crippen LogP contribution in [-0.4, -0.2) is 58.7 Å². The maximum Gasteiger partial charge on any atom is 0.490 e. The lowest BCUT2D eigenvalue weighted by Crippen LogP contribution is -2.38. The molecule has 13 heteroatoms. The molecule has 2 aliphatic heterocycles. The molecule has 0 bridgehead atoms. The van der Waals surface area contributed by atoms with Gasteiger partial charge in [0, 0.05) is 49.6 Å². The average Bonchev–Trinajstić information content (AvgIpc) is 2.84. The second kappa shape index (κ2) is 12.0. The van der Waals surface area contributed by atoms with Crippen LogP contribution in [0.2, 0.25) is 5.02 Å². The summed E-state index contributed by atoms with van der Waals surface area (Å²) >= 11 is 5.97. The number of aliphatic carboxylic acids is 1. The molecule has 37 heavy (non-hydrogen) atoms. The normalized spacial score (nSPS) is 16.1. The van der Waals surface area contributed by atoms with Gasteiger partial charge in [-0.25, -0.2) is 19.2 Å². The zero-order valence-corrected chi connectivity index (χ0v) is 21.1. The van der Waals surface area contributed by atoms with Crippen molar-refractivity contribution in [1.29, 1.82) is 0 Å². The third kappa shape index (κ3) is 7.51. The summed E-state index contributed by atoms with van der Waals surface area (Å²) in [6.07, 6.45) is -2.93. The number of carbonyl (C=O) groups is 2. The van der Waals surface area contributed by atoms with Crippen molar-refractivity contribution in [3.8, 4) is 0 Å². The number of alkyl halides is 3. The first-order valence-electron chi connectivity index (χ1n) is 11.8. The van der Waals surface area contributed by atoms with Crippen molar-refractivity contribution in [3.05, 3.63) is 46.0 Å². The Balaban J connectivity index is 0.000000479. The van der Waals surface area contributed by atoms with E-state index in [0.717, 1.165) is 42.5 Å². The van der Waals surface area contributed by atoms with Crippen LogP contribution in [0.3, 0.4) is 0 Å². The van der Waals surface area contributed by atoms with E-state index in [9.17, 15) is 22.4 Å². The highest BCUT2D eigenvalue weighted by atomic mass is 35.5. The second-order valence-electron chi connectivity index (χ2n) is 9.07. The van der Waals surface area contributed by atoms with E-state index in [1.54, 1.807) is 0 Å². The van der Waals surface area contributed by atoms with Gasteiger partial charge in [-0.3, -0.25) is 4.79 Å². The molecule has 8 nitrogen and oxygen atoms in total. The highest BCUT2D eigenvalue weighted by Crippen LogP contribution is 2.31. The Kier molecular flexibility index (Phi) is 9.30. The van der Waals surface area contributed by atoms with Crippen molar-refractivity contribution in [1.82, 2.24) is 15.3 Å². The Bertz CT molecular complexity index is 1140. The van der Waals surface area contributed by atoms with Gasteiger partial charge >= 0.3 is 12.1 Å². The smallest absolute Gasteiger partial charge is 0.475 e. The molecule has 1 aromatic carbocycles. The Morgan fingerprint density at radius 3 is 2.43 bits per heavy atom. The molecule has 2 aromatic rings. The summed E-state index contributed by atoms with van der Waals surface area (Å²) in [5.74, 6) is -2.02. The highest BCUT2D eigenvalue weighted by molar-refractivity contribution is 6.31. The molecule has 1 fully saturated rings. The number of hydrogen-bond donors (Lipinski definition) is 3. The van der Waals surface area contributed by atoms with Crippen molar-refractivity contribution in [2.24, 2.45) is 5.92 Å². The summed E-state index contributed by atoms with van der Waals surface area (Å²) in [5.41, 5.74) is 2.12. The zero-order chi connectivity index (χ0) is 27.3. The molecular weight excluding hydrogens is 518 g/mol. The van der Waals surface area contributed by atoms with Crippen LogP contribution in [0, 0.1) is 11.7 Å². The van der Waals surface area contributed by atoms with Gasteiger partial charge in [0.2, 0.25) is 0 Å². The molecule has 0 aliphatic carbocycles. The lowest BCUT2D eigenvalue weighted by Gasteiger charge is -2.34. The second-order valence-corrected chi connectivity index (χ2v) is 9.50. The number of carboxylic acids is 1. The van der Waals surface area contributed by atoms with E-state index >= 15 is 0 Å². The van der Waals surface area contributed by atoms with Crippen LogP contribution in [0.4, 0.5) is 29.2 Å². The van der Waals surface area contributed by atoms with Crippen LogP contribution in [0.1, 0.15) is 48.4 Å². The largest absolute Gasteiger partial charge is 0.490 e. The first kappa shape index (κ1) is 28.6. The third-order valence-electron chi connectivity index (χ3n) is 5.89. The number of ketones is 1. The van der Waals surface area contributed by atoms with Crippen molar-refractivity contribution in [2.75, 3.05) is 29.9 Å². The molecule has 0 atom stereocenters. The summed E-state index contributed by atoms with van der Waals surface area (Å²) in [6.45, 7) is 7.14. The van der Waals surface area contributed by atoms with Gasteiger partial charge in [0.1, 0.15) is 5.82 Å². The monoisotopic (exact) mass is 545 g/mol. The summed E-state index contributed by atoms with van der Waals surface area (Å²) in [4.78, 5) is 33.7. The summed E-state index contributed by atoms with van der Waals surface area (Å²) in [6, 6.07) is 4.38. The minimum absolute atomic E-state index is 0.0859. The molecule has 1 saturated heterocycles. The first-order valence-corrected chi connectivity index (χ1v) is 12.2. The van der Waals surface area contributed by atoms with Crippen LogP contribution in [0.15, 0.2) is 18.2 Å². The van der Waals surface area contributed by atoms with Crippen LogP contribution in [0.5, 0.6) is 0 Å².